The lowest BCUT2D eigenvalue weighted by Crippen LogP contribution is -2.22. The van der Waals surface area contributed by atoms with E-state index in [2.05, 4.69) is 71.3 Å². The molecule has 0 aliphatic heterocycles. The van der Waals surface area contributed by atoms with Gasteiger partial charge in [0, 0.05) is 11.0 Å². The third-order valence-electron chi connectivity index (χ3n) is 3.07. The van der Waals surface area contributed by atoms with Crippen molar-refractivity contribution in [2.75, 3.05) is 20.6 Å². The highest BCUT2D eigenvalue weighted by Crippen LogP contribution is 2.20. The average Bonchev–Trinajstić information content (AvgIpc) is 2.46. The van der Waals surface area contributed by atoms with Crippen LogP contribution in [0, 0.1) is 0 Å². The number of ether oxygens (including phenoxy) is 1. The van der Waals surface area contributed by atoms with E-state index in [0.717, 1.165) is 11.0 Å². The first-order valence-corrected chi connectivity index (χ1v) is 7.50. The first-order chi connectivity index (χ1) is 9.65. The molecule has 0 spiro atoms. The Hall–Kier alpha value is -1.16. The zero-order valence-electron chi connectivity index (χ0n) is 11.9. The van der Waals surface area contributed by atoms with Gasteiger partial charge in [-0.25, -0.2) is 0 Å². The molecule has 0 bridgehead atoms. The first-order valence-electron chi connectivity index (χ1n) is 6.71. The molecule has 0 aromatic heterocycles. The second-order valence-corrected chi connectivity index (χ2v) is 6.01. The summed E-state index contributed by atoms with van der Waals surface area (Å²) in [6.07, 6.45) is 0.0925. The van der Waals surface area contributed by atoms with Crippen molar-refractivity contribution >= 4 is 15.9 Å². The van der Waals surface area contributed by atoms with E-state index >= 15 is 0 Å². The van der Waals surface area contributed by atoms with Crippen LogP contribution in [0.1, 0.15) is 17.2 Å². The highest BCUT2D eigenvalue weighted by Gasteiger charge is 2.13. The Kier molecular flexibility index (Phi) is 5.77. The van der Waals surface area contributed by atoms with Crippen LogP contribution in [-0.4, -0.2) is 25.5 Å². The Morgan fingerprint density at radius 3 is 2.25 bits per heavy atom. The van der Waals surface area contributed by atoms with Gasteiger partial charge in [0.25, 0.3) is 0 Å². The van der Waals surface area contributed by atoms with Gasteiger partial charge < -0.3 is 9.64 Å². The number of hydrogen-bond acceptors (Lipinski definition) is 2. The van der Waals surface area contributed by atoms with E-state index in [9.17, 15) is 0 Å². The van der Waals surface area contributed by atoms with Gasteiger partial charge >= 0.3 is 0 Å². The van der Waals surface area contributed by atoms with Gasteiger partial charge in [0.15, 0.2) is 0 Å². The van der Waals surface area contributed by atoms with Crippen LogP contribution in [0.25, 0.3) is 0 Å². The summed E-state index contributed by atoms with van der Waals surface area (Å²) in [5, 5.41) is 0. The van der Waals surface area contributed by atoms with Crippen LogP contribution in [0.3, 0.4) is 0 Å². The van der Waals surface area contributed by atoms with Crippen molar-refractivity contribution in [3.05, 3.63) is 70.2 Å². The molecule has 0 fully saturated rings. The predicted molar refractivity (Wildman–Crippen MR) is 86.7 cm³/mol. The van der Waals surface area contributed by atoms with Crippen molar-refractivity contribution in [2.45, 2.75) is 12.7 Å². The number of hydrogen-bond donors (Lipinski definition) is 0. The summed E-state index contributed by atoms with van der Waals surface area (Å²) in [6, 6.07) is 18.6. The third kappa shape index (κ3) is 4.75. The minimum absolute atomic E-state index is 0.0925. The van der Waals surface area contributed by atoms with E-state index in [1.807, 2.05) is 18.2 Å². The molecule has 0 N–H and O–H groups in total. The highest BCUT2D eigenvalue weighted by atomic mass is 79.9. The van der Waals surface area contributed by atoms with Gasteiger partial charge in [-0.15, -0.1) is 0 Å². The number of nitrogens with zero attached hydrogens (tertiary/aromatic N) is 1. The maximum Gasteiger partial charge on any atom is 0.0956 e. The molecule has 2 aromatic rings. The van der Waals surface area contributed by atoms with Gasteiger partial charge in [-0.1, -0.05) is 58.4 Å². The number of likely N-dealkylation sites (N-methyl/N-ethyl adjacent to an activating group) is 1. The molecule has 2 aromatic carbocycles. The summed E-state index contributed by atoms with van der Waals surface area (Å²) < 4.78 is 7.20. The third-order valence-corrected chi connectivity index (χ3v) is 3.60. The topological polar surface area (TPSA) is 12.5 Å². The monoisotopic (exact) mass is 333 g/mol. The molecule has 2 rings (SSSR count). The first kappa shape index (κ1) is 15.2. The minimum Gasteiger partial charge on any atom is -0.368 e. The lowest BCUT2D eigenvalue weighted by Gasteiger charge is -2.22. The van der Waals surface area contributed by atoms with Crippen LogP contribution in [0.5, 0.6) is 0 Å². The van der Waals surface area contributed by atoms with Crippen molar-refractivity contribution in [3.8, 4) is 0 Å². The average molecular weight is 334 g/mol. The Bertz CT molecular complexity index is 510. The van der Waals surface area contributed by atoms with E-state index in [1.54, 1.807) is 0 Å². The largest absolute Gasteiger partial charge is 0.368 e. The number of halogens is 1. The van der Waals surface area contributed by atoms with Crippen LogP contribution in [0.4, 0.5) is 0 Å². The van der Waals surface area contributed by atoms with Crippen molar-refractivity contribution in [2.24, 2.45) is 0 Å². The molecule has 0 radical (unpaired) electrons. The van der Waals surface area contributed by atoms with Crippen molar-refractivity contribution < 1.29 is 4.74 Å². The van der Waals surface area contributed by atoms with Gasteiger partial charge in [0.05, 0.1) is 12.7 Å². The van der Waals surface area contributed by atoms with Crippen molar-refractivity contribution in [1.82, 2.24) is 4.90 Å². The van der Waals surface area contributed by atoms with Gasteiger partial charge in [-0.3, -0.25) is 0 Å². The summed E-state index contributed by atoms with van der Waals surface area (Å²) in [6.45, 7) is 1.50. The maximum absolute atomic E-state index is 6.11. The Labute approximate surface area is 129 Å². The molecule has 1 atom stereocenters. The zero-order chi connectivity index (χ0) is 14.4. The molecule has 20 heavy (non-hydrogen) atoms. The van der Waals surface area contributed by atoms with Crippen molar-refractivity contribution in [1.29, 1.82) is 0 Å². The van der Waals surface area contributed by atoms with E-state index in [0.29, 0.717) is 6.61 Å². The predicted octanol–water partition coefficient (Wildman–Crippen LogP) is 4.27. The lowest BCUT2D eigenvalue weighted by molar-refractivity contribution is 0.0230. The zero-order valence-corrected chi connectivity index (χ0v) is 13.5. The standard InChI is InChI=1S/C17H20BrNO/c1-19(2)12-17(15-6-4-3-5-7-15)20-13-14-8-10-16(18)11-9-14/h3-11,17H,12-13H2,1-2H3. The summed E-state index contributed by atoms with van der Waals surface area (Å²) in [5.41, 5.74) is 2.41. The highest BCUT2D eigenvalue weighted by molar-refractivity contribution is 9.10. The second-order valence-electron chi connectivity index (χ2n) is 5.10. The minimum atomic E-state index is 0.0925. The van der Waals surface area contributed by atoms with E-state index in [1.165, 1.54) is 11.1 Å². The smallest absolute Gasteiger partial charge is 0.0956 e. The van der Waals surface area contributed by atoms with Crippen LogP contribution in [-0.2, 0) is 11.3 Å². The molecular weight excluding hydrogens is 314 g/mol. The molecule has 3 heteroatoms. The van der Waals surface area contributed by atoms with Gasteiger partial charge in [0.2, 0.25) is 0 Å². The molecule has 0 aliphatic carbocycles. The Balaban J connectivity index is 2.03. The fraction of sp³-hybridized carbons (Fsp3) is 0.294. The fourth-order valence-electron chi connectivity index (χ4n) is 2.03. The van der Waals surface area contributed by atoms with Gasteiger partial charge in [0.1, 0.15) is 0 Å². The normalized spacial score (nSPS) is 12.6. The van der Waals surface area contributed by atoms with Gasteiger partial charge in [-0.2, -0.15) is 0 Å². The molecule has 1 unspecified atom stereocenters. The van der Waals surface area contributed by atoms with Crippen LogP contribution >= 0.6 is 15.9 Å². The van der Waals surface area contributed by atoms with E-state index in [4.69, 9.17) is 4.74 Å². The SMILES string of the molecule is CN(C)CC(OCc1ccc(Br)cc1)c1ccccc1. The molecule has 0 aliphatic rings. The molecule has 0 amide bonds. The van der Waals surface area contributed by atoms with Crippen molar-refractivity contribution in [3.63, 3.8) is 0 Å². The van der Waals surface area contributed by atoms with Crippen LogP contribution in [0.2, 0.25) is 0 Å². The van der Waals surface area contributed by atoms with Gasteiger partial charge in [-0.05, 0) is 37.4 Å². The van der Waals surface area contributed by atoms with E-state index in [-0.39, 0.29) is 6.10 Å². The number of rotatable bonds is 6. The summed E-state index contributed by atoms with van der Waals surface area (Å²) >= 11 is 3.45. The molecule has 0 saturated heterocycles. The summed E-state index contributed by atoms with van der Waals surface area (Å²) in [4.78, 5) is 2.15. The summed E-state index contributed by atoms with van der Waals surface area (Å²) in [7, 11) is 4.14. The maximum atomic E-state index is 6.11. The molecule has 106 valence electrons. The van der Waals surface area contributed by atoms with Crippen LogP contribution < -0.4 is 0 Å². The lowest BCUT2D eigenvalue weighted by atomic mass is 10.1. The summed E-state index contributed by atoms with van der Waals surface area (Å²) in [5.74, 6) is 0. The van der Waals surface area contributed by atoms with E-state index < -0.39 is 0 Å². The molecule has 0 saturated carbocycles. The molecule has 0 heterocycles. The second kappa shape index (κ2) is 7.58. The molecule has 2 nitrogen and oxygen atoms in total. The van der Waals surface area contributed by atoms with Crippen LogP contribution in [0.15, 0.2) is 59.1 Å². The fourth-order valence-corrected chi connectivity index (χ4v) is 2.30. The Morgan fingerprint density at radius 1 is 1.00 bits per heavy atom. The molecular formula is C17H20BrNO. The number of benzene rings is 2. The Morgan fingerprint density at radius 2 is 1.65 bits per heavy atom. The quantitative estimate of drug-likeness (QED) is 0.782.